The molecule has 0 aliphatic carbocycles. The summed E-state index contributed by atoms with van der Waals surface area (Å²) in [6, 6.07) is 17.0. The zero-order chi connectivity index (χ0) is 19.6. The van der Waals surface area contributed by atoms with Crippen molar-refractivity contribution in [3.8, 4) is 6.07 Å². The molecule has 0 fully saturated rings. The van der Waals surface area contributed by atoms with Crippen LogP contribution in [0, 0.1) is 11.3 Å². The number of hydrogen-bond acceptors (Lipinski definition) is 5. The van der Waals surface area contributed by atoms with Gasteiger partial charge in [0.25, 0.3) is 5.91 Å². The lowest BCUT2D eigenvalue weighted by Gasteiger charge is -2.17. The van der Waals surface area contributed by atoms with Gasteiger partial charge in [0.1, 0.15) is 6.07 Å². The number of hydrogen-bond donors (Lipinski definition) is 2. The van der Waals surface area contributed by atoms with E-state index < -0.39 is 24.5 Å². The highest BCUT2D eigenvalue weighted by molar-refractivity contribution is 5.94. The number of nitrogens with one attached hydrogen (secondary N) is 2. The number of carbonyl (C=O) groups is 3. The highest BCUT2D eigenvalue weighted by atomic mass is 16.5. The zero-order valence-corrected chi connectivity index (χ0v) is 14.8. The molecule has 138 valence electrons. The van der Waals surface area contributed by atoms with Gasteiger partial charge in [0.05, 0.1) is 23.7 Å². The van der Waals surface area contributed by atoms with E-state index in [1.54, 1.807) is 48.5 Å². The Balaban J connectivity index is 1.91. The molecule has 0 aliphatic heterocycles. The second-order valence-electron chi connectivity index (χ2n) is 5.73. The minimum Gasteiger partial charge on any atom is -0.455 e. The standard InChI is InChI=1S/C20H19N3O4/c1-14(24)22-18(15-7-3-2-4-8-15)11-20(26)27-13-19(25)23-17-10-6-5-9-16(17)12-21/h2-10,18H,11,13H2,1H3,(H,22,24)(H,23,25)/t18-/m1/s1. The fraction of sp³-hybridized carbons (Fsp3) is 0.200. The van der Waals surface area contributed by atoms with Gasteiger partial charge in [-0.1, -0.05) is 42.5 Å². The van der Waals surface area contributed by atoms with E-state index in [2.05, 4.69) is 10.6 Å². The van der Waals surface area contributed by atoms with E-state index in [-0.39, 0.29) is 12.3 Å². The van der Waals surface area contributed by atoms with Crippen LogP contribution in [0.25, 0.3) is 0 Å². The van der Waals surface area contributed by atoms with E-state index in [0.717, 1.165) is 5.56 Å². The number of esters is 1. The van der Waals surface area contributed by atoms with Crippen LogP contribution in [0.5, 0.6) is 0 Å². The molecule has 2 aromatic carbocycles. The Kier molecular flexibility index (Phi) is 7.08. The molecule has 0 radical (unpaired) electrons. The van der Waals surface area contributed by atoms with E-state index >= 15 is 0 Å². The summed E-state index contributed by atoms with van der Waals surface area (Å²) >= 11 is 0. The van der Waals surface area contributed by atoms with Gasteiger partial charge in [0.2, 0.25) is 5.91 Å². The van der Waals surface area contributed by atoms with Crippen molar-refractivity contribution < 1.29 is 19.1 Å². The summed E-state index contributed by atoms with van der Waals surface area (Å²) in [7, 11) is 0. The average molecular weight is 365 g/mol. The number of amides is 2. The van der Waals surface area contributed by atoms with Crippen molar-refractivity contribution in [1.82, 2.24) is 5.32 Å². The van der Waals surface area contributed by atoms with E-state index in [9.17, 15) is 14.4 Å². The molecule has 0 spiro atoms. The molecular weight excluding hydrogens is 346 g/mol. The molecule has 0 bridgehead atoms. The highest BCUT2D eigenvalue weighted by Crippen LogP contribution is 2.17. The van der Waals surface area contributed by atoms with Crippen LogP contribution in [0.2, 0.25) is 0 Å². The van der Waals surface area contributed by atoms with Gasteiger partial charge in [-0.05, 0) is 17.7 Å². The van der Waals surface area contributed by atoms with Crippen LogP contribution in [0.3, 0.4) is 0 Å². The summed E-state index contributed by atoms with van der Waals surface area (Å²) in [5.41, 5.74) is 1.42. The molecule has 27 heavy (non-hydrogen) atoms. The lowest BCUT2D eigenvalue weighted by Crippen LogP contribution is -2.29. The van der Waals surface area contributed by atoms with Crippen LogP contribution in [-0.2, 0) is 19.1 Å². The van der Waals surface area contributed by atoms with Crippen molar-refractivity contribution >= 4 is 23.5 Å². The molecule has 2 amide bonds. The van der Waals surface area contributed by atoms with Crippen molar-refractivity contribution in [2.24, 2.45) is 0 Å². The topological polar surface area (TPSA) is 108 Å². The highest BCUT2D eigenvalue weighted by Gasteiger charge is 2.19. The third-order valence-electron chi connectivity index (χ3n) is 3.64. The molecule has 1 atom stereocenters. The number of carbonyl (C=O) groups excluding carboxylic acids is 3. The molecule has 2 rings (SSSR count). The molecule has 0 aliphatic rings. The molecule has 0 saturated heterocycles. The summed E-state index contributed by atoms with van der Waals surface area (Å²) in [6.07, 6.45) is -0.106. The van der Waals surface area contributed by atoms with E-state index in [1.807, 2.05) is 12.1 Å². The first kappa shape index (κ1) is 19.7. The third kappa shape index (κ3) is 6.29. The predicted octanol–water partition coefficient (Wildman–Crippen LogP) is 2.31. The number of ether oxygens (including phenoxy) is 1. The Morgan fingerprint density at radius 1 is 1.07 bits per heavy atom. The molecule has 2 aromatic rings. The molecule has 7 nitrogen and oxygen atoms in total. The van der Waals surface area contributed by atoms with Gasteiger partial charge in [-0.3, -0.25) is 14.4 Å². The summed E-state index contributed by atoms with van der Waals surface area (Å²) in [4.78, 5) is 35.4. The van der Waals surface area contributed by atoms with Crippen LogP contribution in [0.4, 0.5) is 5.69 Å². The normalized spacial score (nSPS) is 11.0. The molecule has 2 N–H and O–H groups in total. The Morgan fingerprint density at radius 2 is 1.74 bits per heavy atom. The number of anilines is 1. The van der Waals surface area contributed by atoms with Crippen molar-refractivity contribution in [2.45, 2.75) is 19.4 Å². The largest absolute Gasteiger partial charge is 0.455 e. The Bertz CT molecular complexity index is 859. The molecule has 0 saturated carbocycles. The van der Waals surface area contributed by atoms with Crippen LogP contribution in [0.1, 0.15) is 30.5 Å². The molecule has 0 aromatic heterocycles. The maximum absolute atomic E-state index is 12.1. The molecule has 0 unspecified atom stereocenters. The second-order valence-corrected chi connectivity index (χ2v) is 5.73. The molecule has 0 heterocycles. The van der Waals surface area contributed by atoms with Crippen molar-refractivity contribution in [1.29, 1.82) is 5.26 Å². The van der Waals surface area contributed by atoms with E-state index in [1.165, 1.54) is 6.92 Å². The summed E-state index contributed by atoms with van der Waals surface area (Å²) in [5.74, 6) is -1.45. The lowest BCUT2D eigenvalue weighted by molar-refractivity contribution is -0.148. The van der Waals surface area contributed by atoms with E-state index in [4.69, 9.17) is 10.00 Å². The second kappa shape index (κ2) is 9.73. The van der Waals surface area contributed by atoms with E-state index in [0.29, 0.717) is 11.3 Å². The lowest BCUT2D eigenvalue weighted by atomic mass is 10.0. The van der Waals surface area contributed by atoms with Crippen LogP contribution >= 0.6 is 0 Å². The quantitative estimate of drug-likeness (QED) is 0.732. The predicted molar refractivity (Wildman–Crippen MR) is 98.4 cm³/mol. The zero-order valence-electron chi connectivity index (χ0n) is 14.8. The van der Waals surface area contributed by atoms with Gasteiger partial charge >= 0.3 is 5.97 Å². The number of nitrogens with zero attached hydrogens (tertiary/aromatic N) is 1. The Labute approximate surface area is 156 Å². The van der Waals surface area contributed by atoms with Gasteiger partial charge in [-0.2, -0.15) is 5.26 Å². The maximum atomic E-state index is 12.1. The first-order chi connectivity index (χ1) is 13.0. The van der Waals surface area contributed by atoms with Crippen LogP contribution in [0.15, 0.2) is 54.6 Å². The number of benzene rings is 2. The van der Waals surface area contributed by atoms with Crippen LogP contribution < -0.4 is 10.6 Å². The SMILES string of the molecule is CC(=O)N[C@H](CC(=O)OCC(=O)Nc1ccccc1C#N)c1ccccc1. The van der Waals surface area contributed by atoms with Gasteiger partial charge < -0.3 is 15.4 Å². The number of rotatable bonds is 7. The minimum absolute atomic E-state index is 0.106. The molecular formula is C20H19N3O4. The van der Waals surface area contributed by atoms with Crippen LogP contribution in [-0.4, -0.2) is 24.4 Å². The van der Waals surface area contributed by atoms with Crippen molar-refractivity contribution in [3.05, 3.63) is 65.7 Å². The molecule has 7 heteroatoms. The van der Waals surface area contributed by atoms with Gasteiger partial charge in [0, 0.05) is 6.92 Å². The van der Waals surface area contributed by atoms with Gasteiger partial charge in [0.15, 0.2) is 6.61 Å². The average Bonchev–Trinajstić information content (AvgIpc) is 2.66. The van der Waals surface area contributed by atoms with Crippen molar-refractivity contribution in [3.63, 3.8) is 0 Å². The smallest absolute Gasteiger partial charge is 0.308 e. The fourth-order valence-corrected chi connectivity index (χ4v) is 2.43. The first-order valence-corrected chi connectivity index (χ1v) is 8.26. The third-order valence-corrected chi connectivity index (χ3v) is 3.64. The monoisotopic (exact) mass is 365 g/mol. The maximum Gasteiger partial charge on any atom is 0.308 e. The number of para-hydroxylation sites is 1. The summed E-state index contributed by atoms with van der Waals surface area (Å²) in [6.45, 7) is 0.877. The summed E-state index contributed by atoms with van der Waals surface area (Å²) in [5, 5.41) is 14.2. The Morgan fingerprint density at radius 3 is 2.41 bits per heavy atom. The van der Waals surface area contributed by atoms with Gasteiger partial charge in [-0.15, -0.1) is 0 Å². The fourth-order valence-electron chi connectivity index (χ4n) is 2.43. The van der Waals surface area contributed by atoms with Crippen molar-refractivity contribution in [2.75, 3.05) is 11.9 Å². The first-order valence-electron chi connectivity index (χ1n) is 8.26. The Hall–Kier alpha value is -3.66. The minimum atomic E-state index is -0.624. The summed E-state index contributed by atoms with van der Waals surface area (Å²) < 4.78 is 5.00. The number of nitriles is 1. The van der Waals surface area contributed by atoms with Gasteiger partial charge in [-0.25, -0.2) is 0 Å².